The van der Waals surface area contributed by atoms with E-state index in [4.69, 9.17) is 8.83 Å². The lowest BCUT2D eigenvalue weighted by molar-refractivity contribution is 0.568. The Hall–Kier alpha value is -3.28. The first kappa shape index (κ1) is 16.2. The molecule has 2 aromatic heterocycles. The van der Waals surface area contributed by atoms with Gasteiger partial charge in [0.05, 0.1) is 0 Å². The molecule has 2 aromatic carbocycles. The maximum Gasteiger partial charge on any atom is 0.248 e. The van der Waals surface area contributed by atoms with E-state index in [2.05, 4.69) is 53.3 Å². The van der Waals surface area contributed by atoms with Crippen molar-refractivity contribution in [3.63, 3.8) is 0 Å². The molecule has 0 saturated carbocycles. The minimum Gasteiger partial charge on any atom is -0.423 e. The van der Waals surface area contributed by atoms with Crippen molar-refractivity contribution < 1.29 is 8.83 Å². The van der Waals surface area contributed by atoms with E-state index in [9.17, 15) is 0 Å². The Labute approximate surface area is 150 Å². The van der Waals surface area contributed by atoms with Crippen molar-refractivity contribution in [3.05, 3.63) is 60.5 Å². The Morgan fingerprint density at radius 3 is 2.00 bits per heavy atom. The van der Waals surface area contributed by atoms with E-state index in [-0.39, 0.29) is 5.41 Å². The van der Waals surface area contributed by atoms with Crippen LogP contribution in [-0.4, -0.2) is 20.4 Å². The quantitative estimate of drug-likeness (QED) is 0.532. The molecule has 6 heteroatoms. The van der Waals surface area contributed by atoms with Gasteiger partial charge in [-0.1, -0.05) is 39.0 Å². The van der Waals surface area contributed by atoms with Gasteiger partial charge in [-0.2, -0.15) is 0 Å². The number of hydrogen-bond donors (Lipinski definition) is 0. The summed E-state index contributed by atoms with van der Waals surface area (Å²) >= 11 is 0. The Morgan fingerprint density at radius 1 is 0.731 bits per heavy atom. The third-order valence-corrected chi connectivity index (χ3v) is 4.14. The average molecular weight is 346 g/mol. The predicted octanol–water partition coefficient (Wildman–Crippen LogP) is 4.75. The molecule has 4 aromatic rings. The maximum absolute atomic E-state index is 5.86. The summed E-state index contributed by atoms with van der Waals surface area (Å²) in [5.74, 6) is 1.38. The second-order valence-electron chi connectivity index (χ2n) is 7.06. The molecule has 130 valence electrons. The van der Waals surface area contributed by atoms with Gasteiger partial charge in [0.25, 0.3) is 0 Å². The number of nitrogens with zero attached hydrogens (tertiary/aromatic N) is 4. The Bertz CT molecular complexity index is 1010. The summed E-state index contributed by atoms with van der Waals surface area (Å²) < 4.78 is 11.1. The summed E-state index contributed by atoms with van der Waals surface area (Å²) in [6, 6.07) is 15.8. The van der Waals surface area contributed by atoms with Gasteiger partial charge in [0.1, 0.15) is 0 Å². The van der Waals surface area contributed by atoms with Crippen LogP contribution in [0.25, 0.3) is 34.4 Å². The van der Waals surface area contributed by atoms with Crippen LogP contribution in [0.4, 0.5) is 0 Å². The Balaban J connectivity index is 1.63. The highest BCUT2D eigenvalue weighted by molar-refractivity contribution is 5.65. The van der Waals surface area contributed by atoms with Gasteiger partial charge in [-0.3, -0.25) is 0 Å². The summed E-state index contributed by atoms with van der Waals surface area (Å²) in [6.07, 6.45) is 1.30. The molecule has 0 amide bonds. The molecule has 0 spiro atoms. The zero-order chi connectivity index (χ0) is 18.1. The van der Waals surface area contributed by atoms with E-state index in [0.29, 0.717) is 17.7 Å². The molecule has 0 aliphatic heterocycles. The van der Waals surface area contributed by atoms with Crippen molar-refractivity contribution in [2.24, 2.45) is 0 Å². The van der Waals surface area contributed by atoms with Crippen molar-refractivity contribution in [2.75, 3.05) is 0 Å². The summed E-state index contributed by atoms with van der Waals surface area (Å²) in [5.41, 5.74) is 3.85. The van der Waals surface area contributed by atoms with Crippen LogP contribution in [-0.2, 0) is 5.41 Å². The number of aromatic nitrogens is 4. The van der Waals surface area contributed by atoms with Gasteiger partial charge in [0.2, 0.25) is 24.1 Å². The Morgan fingerprint density at radius 2 is 1.38 bits per heavy atom. The molecule has 0 saturated heterocycles. The molecule has 0 N–H and O–H groups in total. The smallest absolute Gasteiger partial charge is 0.248 e. The fourth-order valence-corrected chi connectivity index (χ4v) is 2.65. The molecule has 0 aliphatic rings. The van der Waals surface area contributed by atoms with Crippen molar-refractivity contribution in [2.45, 2.75) is 26.2 Å². The summed E-state index contributed by atoms with van der Waals surface area (Å²) in [4.78, 5) is 0. The lowest BCUT2D eigenvalue weighted by Gasteiger charge is -2.18. The minimum atomic E-state index is 0.105. The second-order valence-corrected chi connectivity index (χ2v) is 7.06. The van der Waals surface area contributed by atoms with Crippen molar-refractivity contribution in [3.8, 4) is 34.4 Å². The van der Waals surface area contributed by atoms with E-state index in [0.717, 1.165) is 16.7 Å². The van der Waals surface area contributed by atoms with Crippen molar-refractivity contribution in [1.29, 1.82) is 0 Å². The summed E-state index contributed by atoms with van der Waals surface area (Å²) in [5, 5.41) is 16.0. The van der Waals surface area contributed by atoms with E-state index < -0.39 is 0 Å². The van der Waals surface area contributed by atoms with E-state index in [1.807, 2.05) is 36.4 Å². The van der Waals surface area contributed by atoms with Gasteiger partial charge in [0.15, 0.2) is 0 Å². The number of hydrogen-bond acceptors (Lipinski definition) is 6. The zero-order valence-corrected chi connectivity index (χ0v) is 14.8. The average Bonchev–Trinajstić information content (AvgIpc) is 3.33. The number of benzene rings is 2. The SMILES string of the molecule is CC(C)(C)c1ccc(-c2nnc(-c3cccc(-c4nnco4)c3)o2)cc1. The van der Waals surface area contributed by atoms with Crippen LogP contribution in [0, 0.1) is 0 Å². The standard InChI is InChI=1S/C20H18N4O2/c1-20(2,3)16-9-7-13(8-10-16)18-23-24-19(26-18)15-6-4-5-14(11-15)17-22-21-12-25-17/h4-12H,1-3H3. The van der Waals surface area contributed by atoms with Gasteiger partial charge in [-0.05, 0) is 41.3 Å². The molecule has 0 fully saturated rings. The van der Waals surface area contributed by atoms with Gasteiger partial charge < -0.3 is 8.83 Å². The van der Waals surface area contributed by atoms with Crippen LogP contribution >= 0.6 is 0 Å². The first-order chi connectivity index (χ1) is 12.5. The molecular weight excluding hydrogens is 328 g/mol. The van der Waals surface area contributed by atoms with Crippen molar-refractivity contribution in [1.82, 2.24) is 20.4 Å². The van der Waals surface area contributed by atoms with Crippen molar-refractivity contribution >= 4 is 0 Å². The van der Waals surface area contributed by atoms with E-state index in [1.165, 1.54) is 12.0 Å². The van der Waals surface area contributed by atoms with Crippen LogP contribution in [0.3, 0.4) is 0 Å². The first-order valence-electron chi connectivity index (χ1n) is 8.32. The minimum absolute atomic E-state index is 0.105. The highest BCUT2D eigenvalue weighted by Crippen LogP contribution is 2.29. The first-order valence-corrected chi connectivity index (χ1v) is 8.32. The molecule has 0 bridgehead atoms. The molecular formula is C20H18N4O2. The maximum atomic E-state index is 5.86. The summed E-state index contributed by atoms with van der Waals surface area (Å²) in [7, 11) is 0. The van der Waals surface area contributed by atoms with Gasteiger partial charge in [0, 0.05) is 16.7 Å². The molecule has 4 rings (SSSR count). The third kappa shape index (κ3) is 3.13. The zero-order valence-electron chi connectivity index (χ0n) is 14.8. The monoisotopic (exact) mass is 346 g/mol. The molecule has 0 radical (unpaired) electrons. The van der Waals surface area contributed by atoms with E-state index >= 15 is 0 Å². The largest absolute Gasteiger partial charge is 0.423 e. The second kappa shape index (κ2) is 6.22. The van der Waals surface area contributed by atoms with Crippen LogP contribution < -0.4 is 0 Å². The van der Waals surface area contributed by atoms with Gasteiger partial charge >= 0.3 is 0 Å². The van der Waals surface area contributed by atoms with Gasteiger partial charge in [-0.15, -0.1) is 20.4 Å². The molecule has 26 heavy (non-hydrogen) atoms. The molecule has 0 unspecified atom stereocenters. The third-order valence-electron chi connectivity index (χ3n) is 4.14. The fraction of sp³-hybridized carbons (Fsp3) is 0.200. The normalized spacial score (nSPS) is 11.7. The lowest BCUT2D eigenvalue weighted by atomic mass is 9.87. The molecule has 6 nitrogen and oxygen atoms in total. The predicted molar refractivity (Wildman–Crippen MR) is 97.2 cm³/mol. The summed E-state index contributed by atoms with van der Waals surface area (Å²) in [6.45, 7) is 6.55. The van der Waals surface area contributed by atoms with Crippen LogP contribution in [0.15, 0.2) is 63.8 Å². The number of rotatable bonds is 3. The topological polar surface area (TPSA) is 77.8 Å². The fourth-order valence-electron chi connectivity index (χ4n) is 2.65. The van der Waals surface area contributed by atoms with Crippen LogP contribution in [0.5, 0.6) is 0 Å². The molecule has 2 heterocycles. The Kier molecular flexibility index (Phi) is 3.88. The molecule has 0 atom stereocenters. The van der Waals surface area contributed by atoms with Crippen LogP contribution in [0.2, 0.25) is 0 Å². The highest BCUT2D eigenvalue weighted by Gasteiger charge is 2.15. The molecule has 0 aliphatic carbocycles. The lowest BCUT2D eigenvalue weighted by Crippen LogP contribution is -2.10. The highest BCUT2D eigenvalue weighted by atomic mass is 16.4. The van der Waals surface area contributed by atoms with Crippen LogP contribution in [0.1, 0.15) is 26.3 Å². The van der Waals surface area contributed by atoms with Gasteiger partial charge in [-0.25, -0.2) is 0 Å². The van der Waals surface area contributed by atoms with E-state index in [1.54, 1.807) is 0 Å².